The number of unbranched alkanes of at least 4 members (excludes halogenated alkanes) is 12. The number of aromatic hydroxyl groups is 1. The van der Waals surface area contributed by atoms with Crippen LogP contribution in [0.1, 0.15) is 90.4 Å². The van der Waals surface area contributed by atoms with Gasteiger partial charge in [0.05, 0.1) is 0 Å². The van der Waals surface area contributed by atoms with Gasteiger partial charge in [-0.3, -0.25) is 0 Å². The van der Waals surface area contributed by atoms with E-state index >= 15 is 0 Å². The number of benzene rings is 1. The SMILES string of the molecule is CCCCCCCCCCCCCCCNc1ccc(O)cc1. The van der Waals surface area contributed by atoms with Crippen LogP contribution in [0, 0.1) is 0 Å². The second-order valence-corrected chi connectivity index (χ2v) is 6.72. The fourth-order valence-corrected chi connectivity index (χ4v) is 2.95. The smallest absolute Gasteiger partial charge is 0.115 e. The molecule has 0 aliphatic carbocycles. The number of phenolic OH excluding ortho intramolecular Hbond substituents is 1. The van der Waals surface area contributed by atoms with Crippen LogP contribution in [0.15, 0.2) is 24.3 Å². The summed E-state index contributed by atoms with van der Waals surface area (Å²) in [6.45, 7) is 3.31. The van der Waals surface area contributed by atoms with Crippen LogP contribution < -0.4 is 5.32 Å². The Balaban J connectivity index is 1.77. The highest BCUT2D eigenvalue weighted by atomic mass is 16.3. The summed E-state index contributed by atoms with van der Waals surface area (Å²) >= 11 is 0. The van der Waals surface area contributed by atoms with Gasteiger partial charge in [0.2, 0.25) is 0 Å². The first kappa shape index (κ1) is 19.9. The van der Waals surface area contributed by atoms with E-state index in [-0.39, 0.29) is 0 Å². The van der Waals surface area contributed by atoms with E-state index < -0.39 is 0 Å². The third-order valence-corrected chi connectivity index (χ3v) is 4.48. The molecule has 1 rings (SSSR count). The average molecular weight is 320 g/mol. The molecule has 0 aliphatic rings. The Bertz CT molecular complexity index is 361. The lowest BCUT2D eigenvalue weighted by Crippen LogP contribution is -2.00. The number of hydrogen-bond donors (Lipinski definition) is 2. The van der Waals surface area contributed by atoms with Gasteiger partial charge >= 0.3 is 0 Å². The van der Waals surface area contributed by atoms with Gasteiger partial charge in [0.1, 0.15) is 5.75 Å². The molecule has 2 nitrogen and oxygen atoms in total. The molecule has 0 amide bonds. The Morgan fingerprint density at radius 2 is 1.09 bits per heavy atom. The van der Waals surface area contributed by atoms with Gasteiger partial charge in [-0.05, 0) is 30.7 Å². The molecule has 0 radical (unpaired) electrons. The molecule has 23 heavy (non-hydrogen) atoms. The van der Waals surface area contributed by atoms with Crippen molar-refractivity contribution in [3.05, 3.63) is 24.3 Å². The van der Waals surface area contributed by atoms with E-state index in [2.05, 4.69) is 12.2 Å². The van der Waals surface area contributed by atoms with Crippen molar-refractivity contribution in [1.82, 2.24) is 0 Å². The molecule has 0 fully saturated rings. The Labute approximate surface area is 143 Å². The van der Waals surface area contributed by atoms with Crippen molar-refractivity contribution in [2.75, 3.05) is 11.9 Å². The maximum atomic E-state index is 9.22. The van der Waals surface area contributed by atoms with Crippen LogP contribution in [0.4, 0.5) is 5.69 Å². The van der Waals surface area contributed by atoms with Crippen LogP contribution in [0.2, 0.25) is 0 Å². The van der Waals surface area contributed by atoms with Crippen LogP contribution in [0.5, 0.6) is 5.75 Å². The van der Waals surface area contributed by atoms with Crippen LogP contribution in [-0.4, -0.2) is 11.7 Å². The lowest BCUT2D eigenvalue weighted by Gasteiger charge is -2.06. The topological polar surface area (TPSA) is 32.3 Å². The molecule has 0 aromatic heterocycles. The van der Waals surface area contributed by atoms with Crippen LogP contribution in [0.3, 0.4) is 0 Å². The summed E-state index contributed by atoms with van der Waals surface area (Å²) in [5.74, 6) is 0.330. The van der Waals surface area contributed by atoms with Crippen molar-refractivity contribution >= 4 is 5.69 Å². The molecular weight excluding hydrogens is 282 g/mol. The van der Waals surface area contributed by atoms with Crippen LogP contribution >= 0.6 is 0 Å². The van der Waals surface area contributed by atoms with Crippen molar-refractivity contribution < 1.29 is 5.11 Å². The van der Waals surface area contributed by atoms with Gasteiger partial charge in [0.25, 0.3) is 0 Å². The van der Waals surface area contributed by atoms with Gasteiger partial charge in [0.15, 0.2) is 0 Å². The van der Waals surface area contributed by atoms with Crippen molar-refractivity contribution in [1.29, 1.82) is 0 Å². The summed E-state index contributed by atoms with van der Waals surface area (Å²) in [5, 5.41) is 12.6. The van der Waals surface area contributed by atoms with E-state index in [0.717, 1.165) is 12.2 Å². The highest BCUT2D eigenvalue weighted by Crippen LogP contribution is 2.15. The zero-order valence-corrected chi connectivity index (χ0v) is 15.2. The number of nitrogens with one attached hydrogen (secondary N) is 1. The minimum absolute atomic E-state index is 0.330. The molecule has 0 saturated carbocycles. The molecule has 1 aromatic rings. The highest BCUT2D eigenvalue weighted by molar-refractivity contribution is 5.45. The van der Waals surface area contributed by atoms with Crippen molar-refractivity contribution in [3.8, 4) is 5.75 Å². The Kier molecular flexibility index (Phi) is 12.5. The summed E-state index contributed by atoms with van der Waals surface area (Å²) < 4.78 is 0. The fraction of sp³-hybridized carbons (Fsp3) is 0.714. The second-order valence-electron chi connectivity index (χ2n) is 6.72. The summed E-state index contributed by atoms with van der Waals surface area (Å²) in [5.41, 5.74) is 1.10. The first-order valence-electron chi connectivity index (χ1n) is 9.86. The molecule has 0 bridgehead atoms. The molecule has 2 N–H and O–H groups in total. The van der Waals surface area contributed by atoms with E-state index in [1.807, 2.05) is 12.1 Å². The minimum atomic E-state index is 0.330. The maximum Gasteiger partial charge on any atom is 0.115 e. The van der Waals surface area contributed by atoms with Crippen molar-refractivity contribution in [3.63, 3.8) is 0 Å². The van der Waals surface area contributed by atoms with E-state index in [9.17, 15) is 5.11 Å². The molecule has 132 valence electrons. The van der Waals surface area contributed by atoms with Gasteiger partial charge in [-0.25, -0.2) is 0 Å². The lowest BCUT2D eigenvalue weighted by atomic mass is 10.0. The van der Waals surface area contributed by atoms with Gasteiger partial charge in [-0.2, -0.15) is 0 Å². The largest absolute Gasteiger partial charge is 0.508 e. The van der Waals surface area contributed by atoms with Gasteiger partial charge in [-0.15, -0.1) is 0 Å². The van der Waals surface area contributed by atoms with E-state index in [1.165, 1.54) is 83.5 Å². The molecule has 0 spiro atoms. The zero-order chi connectivity index (χ0) is 16.6. The summed E-state index contributed by atoms with van der Waals surface area (Å²) in [6, 6.07) is 7.31. The van der Waals surface area contributed by atoms with Gasteiger partial charge < -0.3 is 10.4 Å². The van der Waals surface area contributed by atoms with E-state index in [0.29, 0.717) is 5.75 Å². The van der Waals surface area contributed by atoms with Crippen LogP contribution in [-0.2, 0) is 0 Å². The Morgan fingerprint density at radius 1 is 0.652 bits per heavy atom. The summed E-state index contributed by atoms with van der Waals surface area (Å²) in [7, 11) is 0. The normalized spacial score (nSPS) is 10.8. The first-order chi connectivity index (χ1) is 11.3. The summed E-state index contributed by atoms with van der Waals surface area (Å²) in [6.07, 6.45) is 18.2. The summed E-state index contributed by atoms with van der Waals surface area (Å²) in [4.78, 5) is 0. The second kappa shape index (κ2) is 14.4. The molecular formula is C21H37NO. The molecule has 0 aliphatic heterocycles. The fourth-order valence-electron chi connectivity index (χ4n) is 2.95. The lowest BCUT2D eigenvalue weighted by molar-refractivity contribution is 0.475. The third-order valence-electron chi connectivity index (χ3n) is 4.48. The van der Waals surface area contributed by atoms with E-state index in [1.54, 1.807) is 12.1 Å². The minimum Gasteiger partial charge on any atom is -0.508 e. The predicted molar refractivity (Wildman–Crippen MR) is 102 cm³/mol. The third kappa shape index (κ3) is 12.0. The molecule has 0 unspecified atom stereocenters. The molecule has 0 atom stereocenters. The standard InChI is InChI=1S/C21H37NO/c1-2-3-4-5-6-7-8-9-10-11-12-13-14-19-22-20-15-17-21(23)18-16-20/h15-18,22-23H,2-14,19H2,1H3. The first-order valence-corrected chi connectivity index (χ1v) is 9.86. The monoisotopic (exact) mass is 319 g/mol. The zero-order valence-electron chi connectivity index (χ0n) is 15.2. The Morgan fingerprint density at radius 3 is 1.57 bits per heavy atom. The number of anilines is 1. The predicted octanol–water partition coefficient (Wildman–Crippen LogP) is 6.90. The maximum absolute atomic E-state index is 9.22. The van der Waals surface area contributed by atoms with Crippen molar-refractivity contribution in [2.24, 2.45) is 0 Å². The molecule has 2 heteroatoms. The highest BCUT2D eigenvalue weighted by Gasteiger charge is 1.95. The molecule has 0 heterocycles. The van der Waals surface area contributed by atoms with Crippen LogP contribution in [0.25, 0.3) is 0 Å². The van der Waals surface area contributed by atoms with Crippen molar-refractivity contribution in [2.45, 2.75) is 90.4 Å². The molecule has 1 aromatic carbocycles. The number of phenols is 1. The Hall–Kier alpha value is -1.18. The number of hydrogen-bond acceptors (Lipinski definition) is 2. The average Bonchev–Trinajstić information content (AvgIpc) is 2.57. The van der Waals surface area contributed by atoms with E-state index in [4.69, 9.17) is 0 Å². The van der Waals surface area contributed by atoms with Gasteiger partial charge in [-0.1, -0.05) is 84.0 Å². The number of rotatable bonds is 15. The quantitative estimate of drug-likeness (QED) is 0.272. The van der Waals surface area contributed by atoms with Gasteiger partial charge in [0, 0.05) is 12.2 Å². The molecule has 0 saturated heterocycles.